The number of aromatic nitrogens is 3. The maximum atomic E-state index is 12.4. The number of imidazole rings is 1. The minimum absolute atomic E-state index is 0.354. The van der Waals surface area contributed by atoms with Crippen LogP contribution in [0.25, 0.3) is 16.9 Å². The number of nitrogens with zero attached hydrogens (tertiary/aromatic N) is 3. The normalized spacial score (nSPS) is 10.8. The van der Waals surface area contributed by atoms with E-state index < -0.39 is 0 Å². The molecule has 0 saturated carbocycles. The Morgan fingerprint density at radius 3 is 2.37 bits per heavy atom. The number of carbonyl (C=O) groups is 1. The van der Waals surface area contributed by atoms with Gasteiger partial charge in [0.15, 0.2) is 11.5 Å². The average Bonchev–Trinajstić information content (AvgIpc) is 3.34. The van der Waals surface area contributed by atoms with Gasteiger partial charge >= 0.3 is 6.03 Å². The molecule has 0 aliphatic rings. The molecule has 0 spiro atoms. The summed E-state index contributed by atoms with van der Waals surface area (Å²) < 4.78 is 1.92. The number of amides is 2. The van der Waals surface area contributed by atoms with Crippen molar-refractivity contribution in [3.63, 3.8) is 0 Å². The summed E-state index contributed by atoms with van der Waals surface area (Å²) in [7, 11) is 0. The maximum Gasteiger partial charge on any atom is 0.323 e. The van der Waals surface area contributed by atoms with Gasteiger partial charge in [0.2, 0.25) is 0 Å². The summed E-state index contributed by atoms with van der Waals surface area (Å²) in [5.41, 5.74) is 4.66. The number of carbonyl (C=O) groups excluding carboxylic acids is 1. The fourth-order valence-corrected chi connectivity index (χ4v) is 3.81. The molecule has 5 aromatic rings. The second-order valence-corrected chi connectivity index (χ2v) is 8.65. The van der Waals surface area contributed by atoms with Crippen LogP contribution < -0.4 is 16.0 Å². The summed E-state index contributed by atoms with van der Waals surface area (Å²) >= 11 is 11.9. The zero-order valence-electron chi connectivity index (χ0n) is 18.4. The van der Waals surface area contributed by atoms with Crippen LogP contribution in [0, 0.1) is 0 Å². The molecule has 0 fully saturated rings. The molecule has 174 valence electrons. The zero-order valence-corrected chi connectivity index (χ0v) is 19.9. The van der Waals surface area contributed by atoms with Gasteiger partial charge in [-0.2, -0.15) is 0 Å². The van der Waals surface area contributed by atoms with Crippen molar-refractivity contribution in [3.8, 4) is 11.3 Å². The van der Waals surface area contributed by atoms with Crippen molar-refractivity contribution in [2.24, 2.45) is 0 Å². The van der Waals surface area contributed by atoms with Crippen molar-refractivity contribution in [1.82, 2.24) is 14.4 Å². The summed E-state index contributed by atoms with van der Waals surface area (Å²) in [5, 5.41) is 10.3. The quantitative estimate of drug-likeness (QED) is 0.234. The van der Waals surface area contributed by atoms with Gasteiger partial charge in [-0.3, -0.25) is 0 Å². The van der Waals surface area contributed by atoms with Gasteiger partial charge in [0.05, 0.1) is 5.69 Å². The topological polar surface area (TPSA) is 83.4 Å². The monoisotopic (exact) mass is 502 g/mol. The van der Waals surface area contributed by atoms with Crippen LogP contribution in [0.5, 0.6) is 0 Å². The lowest BCUT2D eigenvalue weighted by Crippen LogP contribution is -2.19. The third-order valence-electron chi connectivity index (χ3n) is 5.27. The lowest BCUT2D eigenvalue weighted by Gasteiger charge is -2.12. The van der Waals surface area contributed by atoms with Gasteiger partial charge < -0.3 is 20.4 Å². The minimum atomic E-state index is -0.354. The highest BCUT2D eigenvalue weighted by Gasteiger charge is 2.11. The Hall–Kier alpha value is -4.07. The molecular formula is C26H20Cl2N6O. The molecule has 2 aromatic heterocycles. The van der Waals surface area contributed by atoms with E-state index in [2.05, 4.69) is 20.9 Å². The molecule has 0 radical (unpaired) electrons. The van der Waals surface area contributed by atoms with Gasteiger partial charge in [-0.15, -0.1) is 0 Å². The molecule has 9 heteroatoms. The molecule has 0 atom stereocenters. The van der Waals surface area contributed by atoms with Gasteiger partial charge in [0.25, 0.3) is 0 Å². The van der Waals surface area contributed by atoms with Crippen LogP contribution in [0.4, 0.5) is 22.0 Å². The van der Waals surface area contributed by atoms with Gasteiger partial charge in [0, 0.05) is 52.1 Å². The van der Waals surface area contributed by atoms with Crippen molar-refractivity contribution in [1.29, 1.82) is 0 Å². The number of urea groups is 1. The van der Waals surface area contributed by atoms with Gasteiger partial charge in [-0.05, 0) is 54.1 Å². The molecule has 2 heterocycles. The van der Waals surface area contributed by atoms with E-state index in [0.29, 0.717) is 33.8 Å². The van der Waals surface area contributed by atoms with E-state index >= 15 is 0 Å². The molecule has 0 saturated heterocycles. The molecule has 0 bridgehead atoms. The predicted octanol–water partition coefficient (Wildman–Crippen LogP) is 6.96. The molecule has 0 unspecified atom stereocenters. The molecule has 35 heavy (non-hydrogen) atoms. The molecule has 0 aliphatic carbocycles. The molecular weight excluding hydrogens is 483 g/mol. The fourth-order valence-electron chi connectivity index (χ4n) is 3.56. The summed E-state index contributed by atoms with van der Waals surface area (Å²) in [6.07, 6.45) is 5.51. The largest absolute Gasteiger partial charge is 0.363 e. The molecule has 3 N–H and O–H groups in total. The number of halogens is 2. The smallest absolute Gasteiger partial charge is 0.323 e. The highest BCUT2D eigenvalue weighted by atomic mass is 35.5. The number of nitrogens with one attached hydrogen (secondary N) is 3. The van der Waals surface area contributed by atoms with Gasteiger partial charge in [0.1, 0.15) is 0 Å². The standard InChI is InChI=1S/C26H20Cl2N6O/c27-19-6-4-17(5-7-19)15-30-24-25-29-12-13-34(25)16-23(33-24)18-2-1-3-22(14-18)32-26(35)31-21-10-8-20(28)9-11-21/h1-14,16H,15H2,(H,30,33)(H2,31,32,35). The summed E-state index contributed by atoms with van der Waals surface area (Å²) in [6, 6.07) is 21.7. The highest BCUT2D eigenvalue weighted by Crippen LogP contribution is 2.25. The first kappa shape index (κ1) is 22.7. The summed E-state index contributed by atoms with van der Waals surface area (Å²) in [5.74, 6) is 0.654. The first-order valence-corrected chi connectivity index (χ1v) is 11.6. The van der Waals surface area contributed by atoms with E-state index in [0.717, 1.165) is 22.5 Å². The minimum Gasteiger partial charge on any atom is -0.363 e. The Balaban J connectivity index is 1.36. The second-order valence-electron chi connectivity index (χ2n) is 7.78. The van der Waals surface area contributed by atoms with E-state index in [1.165, 1.54) is 0 Å². The third-order valence-corrected chi connectivity index (χ3v) is 5.77. The van der Waals surface area contributed by atoms with Crippen LogP contribution in [-0.2, 0) is 6.54 Å². The Kier molecular flexibility index (Phi) is 6.52. The number of fused-ring (bicyclic) bond motifs is 1. The van der Waals surface area contributed by atoms with E-state index in [-0.39, 0.29) is 6.03 Å². The number of hydrogen-bond acceptors (Lipinski definition) is 4. The van der Waals surface area contributed by atoms with Gasteiger partial charge in [-0.1, -0.05) is 47.5 Å². The molecule has 7 nitrogen and oxygen atoms in total. The highest BCUT2D eigenvalue weighted by molar-refractivity contribution is 6.30. The molecule has 3 aromatic carbocycles. The molecule has 2 amide bonds. The average molecular weight is 503 g/mol. The van der Waals surface area contributed by atoms with Crippen molar-refractivity contribution >= 4 is 52.1 Å². The Bertz CT molecular complexity index is 1480. The van der Waals surface area contributed by atoms with E-state index in [4.69, 9.17) is 28.2 Å². The van der Waals surface area contributed by atoms with Crippen molar-refractivity contribution in [2.45, 2.75) is 6.54 Å². The lowest BCUT2D eigenvalue weighted by molar-refractivity contribution is 0.262. The van der Waals surface area contributed by atoms with E-state index in [1.54, 1.807) is 30.5 Å². The van der Waals surface area contributed by atoms with E-state index in [9.17, 15) is 4.79 Å². The van der Waals surface area contributed by atoms with Crippen LogP contribution in [0.1, 0.15) is 5.56 Å². The first-order chi connectivity index (χ1) is 17.0. The third kappa shape index (κ3) is 5.54. The summed E-state index contributed by atoms with van der Waals surface area (Å²) in [6.45, 7) is 0.572. The molecule has 0 aliphatic heterocycles. The van der Waals surface area contributed by atoms with Crippen LogP contribution in [0.3, 0.4) is 0 Å². The molecule has 5 rings (SSSR count). The maximum absolute atomic E-state index is 12.4. The number of anilines is 3. The number of rotatable bonds is 6. The van der Waals surface area contributed by atoms with Crippen LogP contribution >= 0.6 is 23.2 Å². The predicted molar refractivity (Wildman–Crippen MR) is 141 cm³/mol. The van der Waals surface area contributed by atoms with Gasteiger partial charge in [-0.25, -0.2) is 14.8 Å². The van der Waals surface area contributed by atoms with Crippen molar-refractivity contribution in [2.75, 3.05) is 16.0 Å². The van der Waals surface area contributed by atoms with Crippen LogP contribution in [0.15, 0.2) is 91.4 Å². The zero-order chi connectivity index (χ0) is 24.2. The fraction of sp³-hybridized carbons (Fsp3) is 0.0385. The Morgan fingerprint density at radius 1 is 0.886 bits per heavy atom. The number of benzene rings is 3. The Labute approximate surface area is 211 Å². The Morgan fingerprint density at radius 2 is 1.60 bits per heavy atom. The van der Waals surface area contributed by atoms with Crippen molar-refractivity contribution in [3.05, 3.63) is 107 Å². The second kappa shape index (κ2) is 10.0. The summed E-state index contributed by atoms with van der Waals surface area (Å²) in [4.78, 5) is 21.7. The first-order valence-electron chi connectivity index (χ1n) is 10.8. The van der Waals surface area contributed by atoms with E-state index in [1.807, 2.05) is 65.3 Å². The van der Waals surface area contributed by atoms with Crippen LogP contribution in [-0.4, -0.2) is 20.4 Å². The SMILES string of the molecule is O=C(Nc1ccc(Cl)cc1)Nc1cccc(-c2cn3ccnc3c(NCc3ccc(Cl)cc3)n2)c1. The van der Waals surface area contributed by atoms with Crippen molar-refractivity contribution < 1.29 is 4.79 Å². The van der Waals surface area contributed by atoms with Crippen LogP contribution in [0.2, 0.25) is 10.0 Å². The lowest BCUT2D eigenvalue weighted by atomic mass is 10.1. The number of hydrogen-bond donors (Lipinski definition) is 3.